The molecule has 2 nitrogen and oxygen atoms in total. The first-order valence-electron chi connectivity index (χ1n) is 4.69. The Morgan fingerprint density at radius 3 is 2.59 bits per heavy atom. The summed E-state index contributed by atoms with van der Waals surface area (Å²) in [6.07, 6.45) is -4.53. The zero-order chi connectivity index (χ0) is 12.6. The van der Waals surface area contributed by atoms with Crippen LogP contribution in [-0.2, 0) is 6.18 Å². The van der Waals surface area contributed by atoms with Crippen molar-refractivity contribution in [2.75, 3.05) is 0 Å². The summed E-state index contributed by atoms with van der Waals surface area (Å²) < 4.78 is 51.6. The van der Waals surface area contributed by atoms with Crippen molar-refractivity contribution in [1.82, 2.24) is 9.78 Å². The lowest BCUT2D eigenvalue weighted by Gasteiger charge is -2.05. The smallest absolute Gasteiger partial charge is 0.235 e. The molecule has 0 fully saturated rings. The second-order valence-electron chi connectivity index (χ2n) is 3.46. The number of nitrogens with zero attached hydrogens (tertiary/aromatic N) is 2. The third-order valence-electron chi connectivity index (χ3n) is 2.20. The Morgan fingerprint density at radius 2 is 2.06 bits per heavy atom. The van der Waals surface area contributed by atoms with Crippen LogP contribution in [0.15, 0.2) is 24.3 Å². The molecule has 0 aliphatic heterocycles. The fourth-order valence-corrected chi connectivity index (χ4v) is 1.43. The number of benzene rings is 1. The molecule has 0 saturated heterocycles. The van der Waals surface area contributed by atoms with E-state index in [1.165, 1.54) is 19.1 Å². The molecule has 0 aliphatic rings. The zero-order valence-electron chi connectivity index (χ0n) is 8.72. The molecular weight excluding hydrogens is 236 g/mol. The maximum atomic E-state index is 13.4. The fraction of sp³-hybridized carbons (Fsp3) is 0.182. The molecule has 1 radical (unpaired) electrons. The Kier molecular flexibility index (Phi) is 2.65. The van der Waals surface area contributed by atoms with Crippen LogP contribution in [0.3, 0.4) is 0 Å². The summed E-state index contributed by atoms with van der Waals surface area (Å²) in [5.74, 6) is -0.674. The Morgan fingerprint density at radius 1 is 1.35 bits per heavy atom. The van der Waals surface area contributed by atoms with Gasteiger partial charge in [-0.05, 0) is 31.2 Å². The molecule has 1 aromatic carbocycles. The van der Waals surface area contributed by atoms with Gasteiger partial charge in [-0.15, -0.1) is 0 Å². The van der Waals surface area contributed by atoms with Gasteiger partial charge in [0.15, 0.2) is 5.69 Å². The van der Waals surface area contributed by atoms with Gasteiger partial charge in [-0.25, -0.2) is 9.07 Å². The van der Waals surface area contributed by atoms with Crippen molar-refractivity contribution < 1.29 is 17.6 Å². The normalized spacial score (nSPS) is 11.8. The van der Waals surface area contributed by atoms with Crippen molar-refractivity contribution in [1.29, 1.82) is 0 Å². The molecule has 17 heavy (non-hydrogen) atoms. The SMILES string of the molecule is Cc1cc(C(F)(F)F)nn1-c1cc[c]cc1F. The predicted molar refractivity (Wildman–Crippen MR) is 52.1 cm³/mol. The molecule has 89 valence electrons. The van der Waals surface area contributed by atoms with Gasteiger partial charge in [0.05, 0.1) is 0 Å². The lowest BCUT2D eigenvalue weighted by Crippen LogP contribution is -2.08. The van der Waals surface area contributed by atoms with Crippen LogP contribution in [0.5, 0.6) is 0 Å². The van der Waals surface area contributed by atoms with Gasteiger partial charge in [-0.3, -0.25) is 0 Å². The average Bonchev–Trinajstić information content (AvgIpc) is 2.61. The van der Waals surface area contributed by atoms with E-state index >= 15 is 0 Å². The van der Waals surface area contributed by atoms with E-state index in [4.69, 9.17) is 0 Å². The second kappa shape index (κ2) is 3.87. The molecule has 1 aromatic heterocycles. The van der Waals surface area contributed by atoms with Gasteiger partial charge in [-0.2, -0.15) is 18.3 Å². The van der Waals surface area contributed by atoms with E-state index < -0.39 is 17.7 Å². The van der Waals surface area contributed by atoms with E-state index in [9.17, 15) is 17.6 Å². The van der Waals surface area contributed by atoms with Crippen molar-refractivity contribution in [2.45, 2.75) is 13.1 Å². The van der Waals surface area contributed by atoms with Crippen molar-refractivity contribution >= 4 is 0 Å². The third-order valence-corrected chi connectivity index (χ3v) is 2.20. The third kappa shape index (κ3) is 2.15. The number of halogens is 4. The summed E-state index contributed by atoms with van der Waals surface area (Å²) in [6, 6.07) is 7.13. The lowest BCUT2D eigenvalue weighted by molar-refractivity contribution is -0.141. The second-order valence-corrected chi connectivity index (χ2v) is 3.46. The van der Waals surface area contributed by atoms with Crippen molar-refractivity contribution in [3.63, 3.8) is 0 Å². The minimum absolute atomic E-state index is 0.0308. The minimum Gasteiger partial charge on any atom is -0.235 e. The lowest BCUT2D eigenvalue weighted by atomic mass is 10.3. The number of hydrogen-bond donors (Lipinski definition) is 0. The molecule has 6 heteroatoms. The standard InChI is InChI=1S/C11H7F4N2/c1-7-6-10(11(13,14)15)16-17(7)9-5-3-2-4-8(9)12/h3-6H,1H3. The van der Waals surface area contributed by atoms with Crippen molar-refractivity contribution in [2.24, 2.45) is 0 Å². The molecule has 0 N–H and O–H groups in total. The van der Waals surface area contributed by atoms with Gasteiger partial charge in [0.1, 0.15) is 11.5 Å². The summed E-state index contributed by atoms with van der Waals surface area (Å²) in [7, 11) is 0. The Balaban J connectivity index is 2.55. The molecule has 2 rings (SSSR count). The number of aryl methyl sites for hydroxylation is 1. The highest BCUT2D eigenvalue weighted by Gasteiger charge is 2.34. The first-order valence-corrected chi connectivity index (χ1v) is 4.69. The molecule has 0 amide bonds. The average molecular weight is 243 g/mol. The Labute approximate surface area is 94.5 Å². The first kappa shape index (κ1) is 11.6. The molecule has 0 saturated carbocycles. The van der Waals surface area contributed by atoms with Crippen LogP contribution in [0.2, 0.25) is 0 Å². The maximum Gasteiger partial charge on any atom is 0.435 e. The quantitative estimate of drug-likeness (QED) is 0.703. The fourth-order valence-electron chi connectivity index (χ4n) is 1.43. The highest BCUT2D eigenvalue weighted by Crippen LogP contribution is 2.29. The molecule has 0 aliphatic carbocycles. The van der Waals surface area contributed by atoms with E-state index in [2.05, 4.69) is 11.2 Å². The molecule has 0 unspecified atom stereocenters. The van der Waals surface area contributed by atoms with Gasteiger partial charge in [0.2, 0.25) is 0 Å². The van der Waals surface area contributed by atoms with Crippen LogP contribution in [0, 0.1) is 18.8 Å². The van der Waals surface area contributed by atoms with E-state index in [0.717, 1.165) is 16.8 Å². The molecular formula is C11H7F4N2. The number of hydrogen-bond acceptors (Lipinski definition) is 1. The van der Waals surface area contributed by atoms with E-state index in [-0.39, 0.29) is 11.4 Å². The summed E-state index contributed by atoms with van der Waals surface area (Å²) in [6.45, 7) is 1.43. The van der Waals surface area contributed by atoms with Gasteiger partial charge in [0.25, 0.3) is 0 Å². The number of rotatable bonds is 1. The van der Waals surface area contributed by atoms with Gasteiger partial charge < -0.3 is 0 Å². The summed E-state index contributed by atoms with van der Waals surface area (Å²) in [4.78, 5) is 0. The van der Waals surface area contributed by atoms with Crippen LogP contribution < -0.4 is 0 Å². The highest BCUT2D eigenvalue weighted by molar-refractivity contribution is 5.34. The summed E-state index contributed by atoms with van der Waals surface area (Å²) >= 11 is 0. The van der Waals surface area contributed by atoms with Crippen LogP contribution in [-0.4, -0.2) is 9.78 Å². The van der Waals surface area contributed by atoms with Crippen LogP contribution in [0.1, 0.15) is 11.4 Å². The molecule has 1 heterocycles. The number of aromatic nitrogens is 2. The zero-order valence-corrected chi connectivity index (χ0v) is 8.72. The molecule has 2 aromatic rings. The predicted octanol–water partition coefficient (Wildman–Crippen LogP) is 3.14. The van der Waals surface area contributed by atoms with E-state index in [0.29, 0.717) is 0 Å². The van der Waals surface area contributed by atoms with E-state index in [1.807, 2.05) is 0 Å². The monoisotopic (exact) mass is 243 g/mol. The van der Waals surface area contributed by atoms with Gasteiger partial charge in [-0.1, -0.05) is 6.07 Å². The van der Waals surface area contributed by atoms with Crippen molar-refractivity contribution in [3.8, 4) is 5.69 Å². The van der Waals surface area contributed by atoms with Crippen LogP contribution in [0.4, 0.5) is 17.6 Å². The minimum atomic E-state index is -4.53. The molecule has 0 spiro atoms. The maximum absolute atomic E-state index is 13.4. The Hall–Kier alpha value is -1.85. The van der Waals surface area contributed by atoms with Gasteiger partial charge >= 0.3 is 6.18 Å². The Bertz CT molecular complexity index is 543. The summed E-state index contributed by atoms with van der Waals surface area (Å²) in [5, 5.41) is 3.35. The largest absolute Gasteiger partial charge is 0.435 e. The van der Waals surface area contributed by atoms with Crippen LogP contribution >= 0.6 is 0 Å². The number of alkyl halides is 3. The molecule has 0 atom stereocenters. The molecule has 0 bridgehead atoms. The van der Waals surface area contributed by atoms with Crippen LogP contribution in [0.25, 0.3) is 5.69 Å². The topological polar surface area (TPSA) is 17.8 Å². The van der Waals surface area contributed by atoms with E-state index in [1.54, 1.807) is 0 Å². The summed E-state index contributed by atoms with van der Waals surface area (Å²) in [5.41, 5.74) is -0.860. The van der Waals surface area contributed by atoms with Gasteiger partial charge in [0, 0.05) is 5.69 Å². The highest BCUT2D eigenvalue weighted by atomic mass is 19.4. The first-order chi connectivity index (χ1) is 7.89. The van der Waals surface area contributed by atoms with Crippen molar-refractivity contribution in [3.05, 3.63) is 47.5 Å².